The van der Waals surface area contributed by atoms with E-state index < -0.39 is 0 Å². The minimum atomic E-state index is -0.204. The predicted molar refractivity (Wildman–Crippen MR) is 128 cm³/mol. The Hall–Kier alpha value is -3.22. The molecule has 0 fully saturated rings. The summed E-state index contributed by atoms with van der Waals surface area (Å²) in [6.45, 7) is 0.342. The molecule has 0 saturated carbocycles. The molecule has 3 aromatic carbocycles. The van der Waals surface area contributed by atoms with Crippen LogP contribution in [-0.2, 0) is 6.54 Å². The van der Waals surface area contributed by atoms with Crippen molar-refractivity contribution in [3.05, 3.63) is 99.9 Å². The fourth-order valence-corrected chi connectivity index (χ4v) is 4.47. The Morgan fingerprint density at radius 1 is 0.875 bits per heavy atom. The molecule has 32 heavy (non-hydrogen) atoms. The maximum Gasteiger partial charge on any atom is 0.284 e. The van der Waals surface area contributed by atoms with Gasteiger partial charge in [-0.25, -0.2) is 4.98 Å². The highest BCUT2D eigenvalue weighted by Gasteiger charge is 2.18. The van der Waals surface area contributed by atoms with Crippen molar-refractivity contribution in [3.8, 4) is 22.8 Å². The number of rotatable bonds is 7. The Morgan fingerprint density at radius 3 is 2.06 bits per heavy atom. The van der Waals surface area contributed by atoms with E-state index in [9.17, 15) is 4.79 Å². The minimum Gasteiger partial charge on any atom is -0.497 e. The van der Waals surface area contributed by atoms with Crippen molar-refractivity contribution < 1.29 is 9.47 Å². The van der Waals surface area contributed by atoms with E-state index >= 15 is 0 Å². The van der Waals surface area contributed by atoms with Crippen LogP contribution in [0.2, 0.25) is 5.15 Å². The van der Waals surface area contributed by atoms with Crippen LogP contribution in [0, 0.1) is 0 Å². The molecular weight excluding hydrogens is 444 g/mol. The average molecular weight is 465 g/mol. The maximum atomic E-state index is 13.5. The molecule has 1 aromatic heterocycles. The Morgan fingerprint density at radius 2 is 1.47 bits per heavy atom. The molecule has 7 heteroatoms. The first-order chi connectivity index (χ1) is 15.6. The summed E-state index contributed by atoms with van der Waals surface area (Å²) in [4.78, 5) is 18.9. The van der Waals surface area contributed by atoms with Crippen LogP contribution in [0.5, 0.6) is 11.5 Å². The summed E-state index contributed by atoms with van der Waals surface area (Å²) in [5.74, 6) is 1.47. The zero-order valence-corrected chi connectivity index (χ0v) is 19.2. The molecule has 0 aliphatic carbocycles. The first-order valence-electron chi connectivity index (χ1n) is 9.89. The second-order valence-electron chi connectivity index (χ2n) is 6.94. The summed E-state index contributed by atoms with van der Waals surface area (Å²) < 4.78 is 12.2. The number of methoxy groups -OCH3 is 2. The van der Waals surface area contributed by atoms with Gasteiger partial charge in [-0.1, -0.05) is 53.7 Å². The molecule has 0 aliphatic heterocycles. The van der Waals surface area contributed by atoms with Crippen LogP contribution >= 0.6 is 23.4 Å². The van der Waals surface area contributed by atoms with E-state index in [1.807, 2.05) is 78.9 Å². The molecule has 0 amide bonds. The zero-order chi connectivity index (χ0) is 22.5. The summed E-state index contributed by atoms with van der Waals surface area (Å²) in [5.41, 5.74) is 2.09. The molecule has 5 nitrogen and oxygen atoms in total. The van der Waals surface area contributed by atoms with Crippen molar-refractivity contribution in [2.45, 2.75) is 16.5 Å². The molecule has 4 aromatic rings. The second kappa shape index (κ2) is 9.94. The predicted octanol–water partition coefficient (Wildman–Crippen LogP) is 5.78. The van der Waals surface area contributed by atoms with E-state index in [1.165, 1.54) is 11.8 Å². The normalized spacial score (nSPS) is 10.7. The molecule has 0 bridgehead atoms. The Kier molecular flexibility index (Phi) is 6.83. The molecule has 0 saturated heterocycles. The number of halogens is 1. The van der Waals surface area contributed by atoms with Crippen molar-refractivity contribution in [3.63, 3.8) is 0 Å². The van der Waals surface area contributed by atoms with Crippen molar-refractivity contribution in [1.82, 2.24) is 9.55 Å². The van der Waals surface area contributed by atoms with Gasteiger partial charge in [0.05, 0.1) is 26.5 Å². The molecule has 162 valence electrons. The Bertz CT molecular complexity index is 1260. The summed E-state index contributed by atoms with van der Waals surface area (Å²) >= 11 is 7.96. The third-order valence-electron chi connectivity index (χ3n) is 4.91. The maximum absolute atomic E-state index is 13.5. The van der Waals surface area contributed by atoms with Gasteiger partial charge in [-0.3, -0.25) is 9.36 Å². The lowest BCUT2D eigenvalue weighted by molar-refractivity contribution is 0.414. The third-order valence-corrected chi connectivity index (χ3v) is 6.14. The van der Waals surface area contributed by atoms with E-state index in [4.69, 9.17) is 21.1 Å². The van der Waals surface area contributed by atoms with Crippen LogP contribution in [-0.4, -0.2) is 23.8 Å². The SMILES string of the molecule is COc1ccc(Cn2c(-c3ccc(OC)cc3)c(Cl)nc(Sc3ccccc3)c2=O)cc1. The van der Waals surface area contributed by atoms with Gasteiger partial charge in [0.25, 0.3) is 5.56 Å². The summed E-state index contributed by atoms with van der Waals surface area (Å²) in [6, 6.07) is 24.7. The largest absolute Gasteiger partial charge is 0.497 e. The van der Waals surface area contributed by atoms with Gasteiger partial charge < -0.3 is 9.47 Å². The highest BCUT2D eigenvalue weighted by Crippen LogP contribution is 2.31. The first kappa shape index (κ1) is 22.0. The number of benzene rings is 3. The fourth-order valence-electron chi connectivity index (χ4n) is 3.27. The van der Waals surface area contributed by atoms with Crippen LogP contribution in [0.25, 0.3) is 11.3 Å². The van der Waals surface area contributed by atoms with E-state index in [2.05, 4.69) is 4.98 Å². The van der Waals surface area contributed by atoms with Crippen LogP contribution < -0.4 is 15.0 Å². The third kappa shape index (κ3) is 4.82. The standard InChI is InChI=1S/C25H21ClN2O3S/c1-30-19-12-8-17(9-13-19)16-28-22(18-10-14-20(31-2)15-11-18)23(26)27-24(25(28)29)32-21-6-4-3-5-7-21/h3-15H,16H2,1-2H3. The Balaban J connectivity index is 1.83. The average Bonchev–Trinajstić information content (AvgIpc) is 2.83. The fraction of sp³-hybridized carbons (Fsp3) is 0.120. The van der Waals surface area contributed by atoms with Gasteiger partial charge >= 0.3 is 0 Å². The van der Waals surface area contributed by atoms with Crippen molar-refractivity contribution in [2.75, 3.05) is 14.2 Å². The van der Waals surface area contributed by atoms with Crippen molar-refractivity contribution >= 4 is 23.4 Å². The number of hydrogen-bond acceptors (Lipinski definition) is 5. The molecule has 0 unspecified atom stereocenters. The molecule has 0 spiro atoms. The molecule has 1 heterocycles. The molecular formula is C25H21ClN2O3S. The lowest BCUT2D eigenvalue weighted by atomic mass is 10.1. The topological polar surface area (TPSA) is 53.4 Å². The molecule has 0 aliphatic rings. The van der Waals surface area contributed by atoms with Gasteiger partial charge in [0, 0.05) is 10.5 Å². The highest BCUT2D eigenvalue weighted by atomic mass is 35.5. The minimum absolute atomic E-state index is 0.204. The molecule has 0 N–H and O–H groups in total. The molecule has 0 atom stereocenters. The van der Waals surface area contributed by atoms with Crippen LogP contribution in [0.15, 0.2) is 93.6 Å². The monoisotopic (exact) mass is 464 g/mol. The summed E-state index contributed by atoms with van der Waals surface area (Å²) in [6.07, 6.45) is 0. The van der Waals surface area contributed by atoms with Crippen LogP contribution in [0.1, 0.15) is 5.56 Å². The Labute approximate surface area is 195 Å². The zero-order valence-electron chi connectivity index (χ0n) is 17.6. The van der Waals surface area contributed by atoms with E-state index in [-0.39, 0.29) is 10.7 Å². The number of hydrogen-bond donors (Lipinski definition) is 0. The number of aromatic nitrogens is 2. The van der Waals surface area contributed by atoms with Gasteiger partial charge in [-0.05, 0) is 54.1 Å². The smallest absolute Gasteiger partial charge is 0.284 e. The van der Waals surface area contributed by atoms with Gasteiger partial charge in [-0.2, -0.15) is 0 Å². The molecule has 0 radical (unpaired) electrons. The highest BCUT2D eigenvalue weighted by molar-refractivity contribution is 7.99. The number of ether oxygens (including phenoxy) is 2. The quantitative estimate of drug-likeness (QED) is 0.347. The van der Waals surface area contributed by atoms with Gasteiger partial charge in [0.15, 0.2) is 10.2 Å². The van der Waals surface area contributed by atoms with E-state index in [1.54, 1.807) is 18.8 Å². The van der Waals surface area contributed by atoms with Crippen LogP contribution in [0.3, 0.4) is 0 Å². The second-order valence-corrected chi connectivity index (χ2v) is 8.36. The van der Waals surface area contributed by atoms with Gasteiger partial charge in [0.1, 0.15) is 11.5 Å². The van der Waals surface area contributed by atoms with Crippen molar-refractivity contribution in [1.29, 1.82) is 0 Å². The van der Waals surface area contributed by atoms with Crippen LogP contribution in [0.4, 0.5) is 0 Å². The lowest BCUT2D eigenvalue weighted by Crippen LogP contribution is -2.25. The van der Waals surface area contributed by atoms with Gasteiger partial charge in [-0.15, -0.1) is 0 Å². The number of nitrogens with zero attached hydrogens (tertiary/aromatic N) is 2. The summed E-state index contributed by atoms with van der Waals surface area (Å²) in [5, 5.41) is 0.591. The lowest BCUT2D eigenvalue weighted by Gasteiger charge is -2.16. The summed E-state index contributed by atoms with van der Waals surface area (Å²) in [7, 11) is 3.23. The molecule has 4 rings (SSSR count). The van der Waals surface area contributed by atoms with Gasteiger partial charge in [0.2, 0.25) is 0 Å². The van der Waals surface area contributed by atoms with E-state index in [0.29, 0.717) is 17.3 Å². The van der Waals surface area contributed by atoms with Crippen molar-refractivity contribution in [2.24, 2.45) is 0 Å². The first-order valence-corrected chi connectivity index (χ1v) is 11.1. The van der Waals surface area contributed by atoms with E-state index in [0.717, 1.165) is 27.5 Å².